The van der Waals surface area contributed by atoms with E-state index in [1.165, 1.54) is 24.3 Å². The summed E-state index contributed by atoms with van der Waals surface area (Å²) in [4.78, 5) is 3.32. The largest absolute Gasteiger partial charge is 0.361 e. The highest BCUT2D eigenvalue weighted by atomic mass is 32.3. The lowest BCUT2D eigenvalue weighted by molar-refractivity contribution is 0.562. The van der Waals surface area contributed by atoms with Crippen molar-refractivity contribution in [2.24, 2.45) is 0 Å². The van der Waals surface area contributed by atoms with E-state index in [9.17, 15) is 16.8 Å². The van der Waals surface area contributed by atoms with Gasteiger partial charge in [-0.05, 0) is 49.2 Å². The number of aromatic amines is 1. The number of para-hydroxylation sites is 1. The molecule has 0 fully saturated rings. The maximum atomic E-state index is 12.8. The third kappa shape index (κ3) is 4.06. The number of hydrogen-bond acceptors (Lipinski definition) is 5. The van der Waals surface area contributed by atoms with Crippen LogP contribution in [0, 0.1) is 0 Å². The van der Waals surface area contributed by atoms with E-state index >= 15 is 0 Å². The van der Waals surface area contributed by atoms with Crippen LogP contribution in [0.3, 0.4) is 0 Å². The van der Waals surface area contributed by atoms with Gasteiger partial charge in [0.2, 0.25) is 19.9 Å². The fourth-order valence-corrected chi connectivity index (χ4v) is 7.75. The maximum absolute atomic E-state index is 12.8. The van der Waals surface area contributed by atoms with Gasteiger partial charge in [0.15, 0.2) is 0 Å². The molecule has 156 valence electrons. The van der Waals surface area contributed by atoms with Crippen LogP contribution in [0.2, 0.25) is 0 Å². The lowest BCUT2D eigenvalue weighted by atomic mass is 10.1. The first-order valence-corrected chi connectivity index (χ1v) is 13.0. The van der Waals surface area contributed by atoms with E-state index in [2.05, 4.69) is 9.71 Å². The Hall–Kier alpha value is -2.46. The SMILES string of the molecule is CC(Cc1c[nH]c2ccccc12)NS(=O)(=O)c1ccc(S(=O)(=O)c2ccccc2)s1. The lowest BCUT2D eigenvalue weighted by Crippen LogP contribution is -2.33. The Kier molecular flexibility index (Phi) is 5.54. The van der Waals surface area contributed by atoms with Crippen molar-refractivity contribution in [2.45, 2.75) is 32.7 Å². The Labute approximate surface area is 179 Å². The lowest BCUT2D eigenvalue weighted by Gasteiger charge is -2.13. The molecule has 30 heavy (non-hydrogen) atoms. The molecule has 0 amide bonds. The molecule has 2 heterocycles. The first-order chi connectivity index (χ1) is 14.3. The summed E-state index contributed by atoms with van der Waals surface area (Å²) < 4.78 is 53.7. The van der Waals surface area contributed by atoms with Crippen molar-refractivity contribution in [3.63, 3.8) is 0 Å². The fourth-order valence-electron chi connectivity index (χ4n) is 3.30. The number of thiophene rings is 1. The topological polar surface area (TPSA) is 96.1 Å². The fraction of sp³-hybridized carbons (Fsp3) is 0.143. The summed E-state index contributed by atoms with van der Waals surface area (Å²) in [5, 5.41) is 1.05. The van der Waals surface area contributed by atoms with Crippen LogP contribution in [0.4, 0.5) is 0 Å². The second-order valence-corrected chi connectivity index (χ2v) is 12.2. The molecule has 0 spiro atoms. The Bertz CT molecular complexity index is 1390. The zero-order valence-corrected chi connectivity index (χ0v) is 18.5. The van der Waals surface area contributed by atoms with Crippen LogP contribution in [-0.4, -0.2) is 27.9 Å². The standard InChI is InChI=1S/C21H20N2O4S3/c1-15(13-16-14-22-19-10-6-5-9-18(16)19)23-30(26,27)21-12-11-20(28-21)29(24,25)17-7-3-2-4-8-17/h2-12,14-15,22-23H,13H2,1H3. The van der Waals surface area contributed by atoms with Gasteiger partial charge in [0.25, 0.3) is 0 Å². The van der Waals surface area contributed by atoms with E-state index in [1.54, 1.807) is 25.1 Å². The van der Waals surface area contributed by atoms with E-state index in [1.807, 2.05) is 30.5 Å². The van der Waals surface area contributed by atoms with Gasteiger partial charge in [-0.1, -0.05) is 36.4 Å². The van der Waals surface area contributed by atoms with Crippen molar-refractivity contribution >= 4 is 42.1 Å². The van der Waals surface area contributed by atoms with E-state index < -0.39 is 19.9 Å². The number of fused-ring (bicyclic) bond motifs is 1. The molecule has 6 nitrogen and oxygen atoms in total. The van der Waals surface area contributed by atoms with Crippen molar-refractivity contribution < 1.29 is 16.8 Å². The highest BCUT2D eigenvalue weighted by molar-refractivity contribution is 7.95. The van der Waals surface area contributed by atoms with Crippen LogP contribution in [-0.2, 0) is 26.3 Å². The molecule has 4 aromatic rings. The molecular formula is C21H20N2O4S3. The molecule has 0 saturated carbocycles. The number of sulfonamides is 1. The van der Waals surface area contributed by atoms with E-state index in [-0.39, 0.29) is 19.4 Å². The van der Waals surface area contributed by atoms with Gasteiger partial charge in [0, 0.05) is 23.1 Å². The van der Waals surface area contributed by atoms with Crippen LogP contribution < -0.4 is 4.72 Å². The van der Waals surface area contributed by atoms with Crippen LogP contribution in [0.1, 0.15) is 12.5 Å². The molecule has 0 bridgehead atoms. The molecule has 0 radical (unpaired) electrons. The van der Waals surface area contributed by atoms with Crippen molar-refractivity contribution in [3.8, 4) is 0 Å². The quantitative estimate of drug-likeness (QED) is 0.436. The summed E-state index contributed by atoms with van der Waals surface area (Å²) in [6.07, 6.45) is 2.38. The Morgan fingerprint density at radius 2 is 1.57 bits per heavy atom. The van der Waals surface area contributed by atoms with Gasteiger partial charge < -0.3 is 4.98 Å². The number of aromatic nitrogens is 1. The smallest absolute Gasteiger partial charge is 0.250 e. The number of hydrogen-bond donors (Lipinski definition) is 2. The number of rotatable bonds is 7. The van der Waals surface area contributed by atoms with Crippen LogP contribution >= 0.6 is 11.3 Å². The molecule has 1 atom stereocenters. The Morgan fingerprint density at radius 3 is 2.33 bits per heavy atom. The van der Waals surface area contributed by atoms with Crippen molar-refractivity contribution in [2.75, 3.05) is 0 Å². The van der Waals surface area contributed by atoms with E-state index in [0.29, 0.717) is 6.42 Å². The Morgan fingerprint density at radius 1 is 0.900 bits per heavy atom. The summed E-state index contributed by atoms with van der Waals surface area (Å²) in [7, 11) is -7.59. The highest BCUT2D eigenvalue weighted by Crippen LogP contribution is 2.30. The summed E-state index contributed by atoms with van der Waals surface area (Å²) >= 11 is 0.750. The maximum Gasteiger partial charge on any atom is 0.250 e. The van der Waals surface area contributed by atoms with Crippen LogP contribution in [0.5, 0.6) is 0 Å². The van der Waals surface area contributed by atoms with Crippen LogP contribution in [0.15, 0.2) is 86.2 Å². The van der Waals surface area contributed by atoms with Gasteiger partial charge >= 0.3 is 0 Å². The number of nitrogens with one attached hydrogen (secondary N) is 2. The van der Waals surface area contributed by atoms with E-state index in [4.69, 9.17) is 0 Å². The molecule has 0 saturated heterocycles. The van der Waals surface area contributed by atoms with Gasteiger partial charge in [0.05, 0.1) is 4.90 Å². The molecule has 1 unspecified atom stereocenters. The van der Waals surface area contributed by atoms with E-state index in [0.717, 1.165) is 27.8 Å². The van der Waals surface area contributed by atoms with Crippen molar-refractivity contribution in [3.05, 3.63) is 78.5 Å². The van der Waals surface area contributed by atoms with Crippen molar-refractivity contribution in [1.82, 2.24) is 9.71 Å². The minimum absolute atomic E-state index is 0.00152. The zero-order valence-electron chi connectivity index (χ0n) is 16.1. The predicted molar refractivity (Wildman–Crippen MR) is 118 cm³/mol. The molecule has 0 aliphatic rings. The Balaban J connectivity index is 1.53. The molecular weight excluding hydrogens is 440 g/mol. The molecule has 0 aliphatic heterocycles. The average molecular weight is 461 g/mol. The minimum atomic E-state index is -3.84. The second-order valence-electron chi connectivity index (χ2n) is 6.98. The molecule has 4 rings (SSSR count). The third-order valence-electron chi connectivity index (χ3n) is 4.70. The first-order valence-electron chi connectivity index (χ1n) is 9.25. The molecule has 2 aromatic carbocycles. The summed E-state index contributed by atoms with van der Waals surface area (Å²) in [5.74, 6) is 0. The monoisotopic (exact) mass is 460 g/mol. The molecule has 2 N–H and O–H groups in total. The molecule has 0 aliphatic carbocycles. The summed E-state index contributed by atoms with van der Waals surface area (Å²) in [6.45, 7) is 1.79. The number of H-pyrrole nitrogens is 1. The van der Waals surface area contributed by atoms with Gasteiger partial charge in [-0.3, -0.25) is 0 Å². The first kappa shape index (κ1) is 20.8. The van der Waals surface area contributed by atoms with Crippen LogP contribution in [0.25, 0.3) is 10.9 Å². The average Bonchev–Trinajstić information content (AvgIpc) is 3.37. The molecule has 2 aromatic heterocycles. The highest BCUT2D eigenvalue weighted by Gasteiger charge is 2.25. The predicted octanol–water partition coefficient (Wildman–Crippen LogP) is 3.97. The van der Waals surface area contributed by atoms with Crippen molar-refractivity contribution in [1.29, 1.82) is 0 Å². The number of benzene rings is 2. The van der Waals surface area contributed by atoms with Gasteiger partial charge in [-0.2, -0.15) is 0 Å². The minimum Gasteiger partial charge on any atom is -0.361 e. The third-order valence-corrected chi connectivity index (χ3v) is 10.1. The number of sulfone groups is 1. The summed E-state index contributed by atoms with van der Waals surface area (Å²) in [5.41, 5.74) is 2.01. The second kappa shape index (κ2) is 7.99. The van der Waals surface area contributed by atoms with Gasteiger partial charge in [0.1, 0.15) is 8.42 Å². The molecule has 9 heteroatoms. The normalized spacial score (nSPS) is 13.5. The van der Waals surface area contributed by atoms with Gasteiger partial charge in [-0.25, -0.2) is 21.6 Å². The zero-order chi connectivity index (χ0) is 21.4. The van der Waals surface area contributed by atoms with Gasteiger partial charge in [-0.15, -0.1) is 11.3 Å². The summed E-state index contributed by atoms with van der Waals surface area (Å²) in [6, 6.07) is 18.1.